The predicted molar refractivity (Wildman–Crippen MR) is 80.0 cm³/mol. The standard InChI is InChI=1S/C15H12F3NO4S/c1-23-14(20)10-4-2-6-12(8-10)19-24(21,22)13-7-3-5-11(9-13)15(16,17)18/h2-9,19H,1H3. The van der Waals surface area contributed by atoms with Crippen molar-refractivity contribution in [3.63, 3.8) is 0 Å². The summed E-state index contributed by atoms with van der Waals surface area (Å²) >= 11 is 0. The molecule has 0 amide bonds. The van der Waals surface area contributed by atoms with E-state index in [0.717, 1.165) is 18.2 Å². The minimum atomic E-state index is -4.66. The Kier molecular flexibility index (Phi) is 4.83. The number of carbonyl (C=O) groups excluding carboxylic acids is 1. The van der Waals surface area contributed by atoms with E-state index in [-0.39, 0.29) is 11.3 Å². The van der Waals surface area contributed by atoms with Gasteiger partial charge in [-0.3, -0.25) is 4.72 Å². The topological polar surface area (TPSA) is 72.5 Å². The van der Waals surface area contributed by atoms with Gasteiger partial charge in [0.1, 0.15) is 0 Å². The Labute approximate surface area is 136 Å². The third-order valence-electron chi connectivity index (χ3n) is 3.01. The van der Waals surface area contributed by atoms with Crippen LogP contribution in [0.2, 0.25) is 0 Å². The summed E-state index contributed by atoms with van der Waals surface area (Å²) in [7, 11) is -3.08. The summed E-state index contributed by atoms with van der Waals surface area (Å²) in [5.41, 5.74) is -0.953. The monoisotopic (exact) mass is 359 g/mol. The highest BCUT2D eigenvalue weighted by Crippen LogP contribution is 2.30. The number of methoxy groups -OCH3 is 1. The van der Waals surface area contributed by atoms with Crippen molar-refractivity contribution < 1.29 is 31.1 Å². The number of carbonyl (C=O) groups is 1. The fourth-order valence-electron chi connectivity index (χ4n) is 1.88. The molecule has 0 unspecified atom stereocenters. The molecule has 0 aromatic heterocycles. The van der Waals surface area contributed by atoms with Crippen LogP contribution >= 0.6 is 0 Å². The van der Waals surface area contributed by atoms with Gasteiger partial charge in [-0.05, 0) is 36.4 Å². The van der Waals surface area contributed by atoms with Crippen molar-refractivity contribution in [3.05, 3.63) is 59.7 Å². The number of esters is 1. The van der Waals surface area contributed by atoms with Gasteiger partial charge in [-0.1, -0.05) is 12.1 Å². The molecule has 0 heterocycles. The summed E-state index contributed by atoms with van der Waals surface area (Å²) < 4.78 is 69.2. The molecule has 0 spiro atoms. The Balaban J connectivity index is 2.34. The maximum Gasteiger partial charge on any atom is 0.416 e. The summed E-state index contributed by atoms with van der Waals surface area (Å²) in [6.07, 6.45) is -4.66. The van der Waals surface area contributed by atoms with Crippen LogP contribution in [0, 0.1) is 0 Å². The molecule has 2 rings (SSSR count). The molecule has 128 valence electrons. The lowest BCUT2D eigenvalue weighted by Crippen LogP contribution is -2.15. The lowest BCUT2D eigenvalue weighted by Gasteiger charge is -2.11. The summed E-state index contributed by atoms with van der Waals surface area (Å²) in [5, 5.41) is 0. The summed E-state index contributed by atoms with van der Waals surface area (Å²) in [4.78, 5) is 10.9. The van der Waals surface area contributed by atoms with Crippen LogP contribution in [0.15, 0.2) is 53.4 Å². The first-order valence-electron chi connectivity index (χ1n) is 6.52. The number of rotatable bonds is 4. The molecule has 2 aromatic rings. The van der Waals surface area contributed by atoms with E-state index in [9.17, 15) is 26.4 Å². The van der Waals surface area contributed by atoms with E-state index in [1.54, 1.807) is 0 Å². The van der Waals surface area contributed by atoms with Gasteiger partial charge in [-0.25, -0.2) is 13.2 Å². The number of hydrogen-bond acceptors (Lipinski definition) is 4. The second-order valence-corrected chi connectivity index (χ2v) is 6.39. The molecule has 1 N–H and O–H groups in total. The van der Waals surface area contributed by atoms with E-state index in [4.69, 9.17) is 0 Å². The molecule has 0 atom stereocenters. The Morgan fingerprint density at radius 3 is 2.38 bits per heavy atom. The zero-order valence-electron chi connectivity index (χ0n) is 12.3. The quantitative estimate of drug-likeness (QED) is 0.851. The zero-order chi connectivity index (χ0) is 18.0. The fraction of sp³-hybridized carbons (Fsp3) is 0.133. The number of anilines is 1. The zero-order valence-corrected chi connectivity index (χ0v) is 13.1. The number of benzene rings is 2. The molecule has 0 aliphatic carbocycles. The van der Waals surface area contributed by atoms with Crippen molar-refractivity contribution in [2.75, 3.05) is 11.8 Å². The van der Waals surface area contributed by atoms with Gasteiger partial charge in [-0.15, -0.1) is 0 Å². The van der Waals surface area contributed by atoms with Crippen LogP contribution in [0.3, 0.4) is 0 Å². The number of halogens is 3. The molecule has 0 saturated carbocycles. The second kappa shape index (κ2) is 6.52. The van der Waals surface area contributed by atoms with E-state index >= 15 is 0 Å². The molecule has 0 bridgehead atoms. The van der Waals surface area contributed by atoms with Crippen LogP contribution in [0.4, 0.5) is 18.9 Å². The van der Waals surface area contributed by atoms with Crippen molar-refractivity contribution in [2.45, 2.75) is 11.1 Å². The third-order valence-corrected chi connectivity index (χ3v) is 4.39. The normalized spacial score (nSPS) is 11.8. The molecule has 0 radical (unpaired) electrons. The molecule has 9 heteroatoms. The molecule has 2 aromatic carbocycles. The molecule has 0 fully saturated rings. The Morgan fingerprint density at radius 2 is 1.75 bits per heavy atom. The third kappa shape index (κ3) is 4.05. The predicted octanol–water partition coefficient (Wildman–Crippen LogP) is 3.29. The Hall–Kier alpha value is -2.55. The first-order chi connectivity index (χ1) is 11.1. The van der Waals surface area contributed by atoms with E-state index in [1.165, 1.54) is 31.4 Å². The molecule has 24 heavy (non-hydrogen) atoms. The highest BCUT2D eigenvalue weighted by Gasteiger charge is 2.31. The van der Waals surface area contributed by atoms with Crippen LogP contribution in [0.5, 0.6) is 0 Å². The molecule has 0 saturated heterocycles. The maximum absolute atomic E-state index is 12.7. The first-order valence-corrected chi connectivity index (χ1v) is 8.00. The molecule has 0 aliphatic rings. The van der Waals surface area contributed by atoms with Crippen LogP contribution in [-0.4, -0.2) is 21.5 Å². The first kappa shape index (κ1) is 17.8. The maximum atomic E-state index is 12.7. The van der Waals surface area contributed by atoms with Gasteiger partial charge < -0.3 is 4.74 Å². The van der Waals surface area contributed by atoms with E-state index in [2.05, 4.69) is 9.46 Å². The van der Waals surface area contributed by atoms with E-state index < -0.39 is 32.6 Å². The van der Waals surface area contributed by atoms with Crippen molar-refractivity contribution in [2.24, 2.45) is 0 Å². The molecular formula is C15H12F3NO4S. The number of nitrogens with one attached hydrogen (secondary N) is 1. The van der Waals surface area contributed by atoms with Gasteiger partial charge >= 0.3 is 12.1 Å². The summed E-state index contributed by atoms with van der Waals surface area (Å²) in [6, 6.07) is 8.76. The van der Waals surface area contributed by atoms with Crippen LogP contribution < -0.4 is 4.72 Å². The van der Waals surface area contributed by atoms with E-state index in [1.807, 2.05) is 0 Å². The van der Waals surface area contributed by atoms with Gasteiger partial charge in [0, 0.05) is 5.69 Å². The lowest BCUT2D eigenvalue weighted by molar-refractivity contribution is -0.137. The average molecular weight is 359 g/mol. The molecular weight excluding hydrogens is 347 g/mol. The second-order valence-electron chi connectivity index (χ2n) is 4.70. The summed E-state index contributed by atoms with van der Waals surface area (Å²) in [5.74, 6) is -0.671. The number of hydrogen-bond donors (Lipinski definition) is 1. The van der Waals surface area contributed by atoms with Gasteiger partial charge in [-0.2, -0.15) is 13.2 Å². The van der Waals surface area contributed by atoms with Gasteiger partial charge in [0.15, 0.2) is 0 Å². The van der Waals surface area contributed by atoms with Gasteiger partial charge in [0.2, 0.25) is 0 Å². The average Bonchev–Trinajstić information content (AvgIpc) is 2.53. The fourth-order valence-corrected chi connectivity index (χ4v) is 2.98. The van der Waals surface area contributed by atoms with Crippen LogP contribution in [-0.2, 0) is 20.9 Å². The number of ether oxygens (including phenoxy) is 1. The number of alkyl halides is 3. The van der Waals surface area contributed by atoms with Gasteiger partial charge in [0.25, 0.3) is 10.0 Å². The Morgan fingerprint density at radius 1 is 1.08 bits per heavy atom. The van der Waals surface area contributed by atoms with Crippen molar-refractivity contribution in [3.8, 4) is 0 Å². The highest BCUT2D eigenvalue weighted by molar-refractivity contribution is 7.92. The minimum absolute atomic E-state index is 0.0234. The lowest BCUT2D eigenvalue weighted by atomic mass is 10.2. The van der Waals surface area contributed by atoms with Crippen molar-refractivity contribution in [1.82, 2.24) is 0 Å². The van der Waals surface area contributed by atoms with Crippen LogP contribution in [0.1, 0.15) is 15.9 Å². The van der Waals surface area contributed by atoms with Crippen molar-refractivity contribution >= 4 is 21.7 Å². The van der Waals surface area contributed by atoms with Crippen molar-refractivity contribution in [1.29, 1.82) is 0 Å². The minimum Gasteiger partial charge on any atom is -0.465 e. The molecule has 5 nitrogen and oxygen atoms in total. The van der Waals surface area contributed by atoms with Crippen LogP contribution in [0.25, 0.3) is 0 Å². The Bertz CT molecular complexity index is 863. The van der Waals surface area contributed by atoms with Gasteiger partial charge in [0.05, 0.1) is 23.1 Å². The SMILES string of the molecule is COC(=O)c1cccc(NS(=O)(=O)c2cccc(C(F)(F)F)c2)c1. The largest absolute Gasteiger partial charge is 0.465 e. The number of sulfonamides is 1. The smallest absolute Gasteiger partial charge is 0.416 e. The highest BCUT2D eigenvalue weighted by atomic mass is 32.2. The molecule has 0 aliphatic heterocycles. The summed E-state index contributed by atoms with van der Waals surface area (Å²) in [6.45, 7) is 0. The van der Waals surface area contributed by atoms with E-state index in [0.29, 0.717) is 6.07 Å².